The number of rotatable bonds is 9. The lowest BCUT2D eigenvalue weighted by molar-refractivity contribution is -0.384. The molecule has 3 aromatic carbocycles. The van der Waals surface area contributed by atoms with Crippen LogP contribution in [0.3, 0.4) is 0 Å². The van der Waals surface area contributed by atoms with E-state index in [1.54, 1.807) is 36.4 Å². The molecule has 0 spiro atoms. The highest BCUT2D eigenvalue weighted by Gasteiger charge is 2.13. The molecule has 0 unspecified atom stereocenters. The van der Waals surface area contributed by atoms with Crippen molar-refractivity contribution in [2.75, 3.05) is 6.61 Å². The van der Waals surface area contributed by atoms with Crippen molar-refractivity contribution in [3.8, 4) is 11.5 Å². The van der Waals surface area contributed by atoms with Crippen LogP contribution < -0.4 is 14.9 Å². The van der Waals surface area contributed by atoms with Crippen LogP contribution in [0.1, 0.15) is 28.4 Å². The van der Waals surface area contributed by atoms with Gasteiger partial charge in [0.25, 0.3) is 11.6 Å². The van der Waals surface area contributed by atoms with Crippen molar-refractivity contribution >= 4 is 56.3 Å². The molecule has 3 rings (SSSR count). The van der Waals surface area contributed by atoms with E-state index < -0.39 is 4.92 Å². The van der Waals surface area contributed by atoms with Gasteiger partial charge in [-0.3, -0.25) is 14.9 Å². The summed E-state index contributed by atoms with van der Waals surface area (Å²) in [7, 11) is 0. The summed E-state index contributed by atoms with van der Waals surface area (Å²) in [5, 5.41) is 14.8. The molecule has 10 heteroatoms. The summed E-state index contributed by atoms with van der Waals surface area (Å²) in [5.41, 5.74) is 4.51. The number of nitro groups is 1. The highest BCUT2D eigenvalue weighted by Crippen LogP contribution is 2.37. The van der Waals surface area contributed by atoms with Gasteiger partial charge >= 0.3 is 0 Å². The van der Waals surface area contributed by atoms with Crippen LogP contribution in [0.5, 0.6) is 11.5 Å². The van der Waals surface area contributed by atoms with Crippen LogP contribution >= 0.6 is 38.5 Å². The Labute approximate surface area is 212 Å². The van der Waals surface area contributed by atoms with Crippen LogP contribution in [0, 0.1) is 13.7 Å². The third-order valence-corrected chi connectivity index (χ3v) is 5.66. The van der Waals surface area contributed by atoms with E-state index in [0.29, 0.717) is 33.7 Å². The predicted octanol–water partition coefficient (Wildman–Crippen LogP) is 5.70. The second-order valence-corrected chi connectivity index (χ2v) is 8.78. The largest absolute Gasteiger partial charge is 0.490 e. The number of nitrogens with one attached hydrogen (secondary N) is 1. The predicted molar refractivity (Wildman–Crippen MR) is 137 cm³/mol. The number of carbonyl (C=O) groups excluding carboxylic acids is 1. The molecule has 0 aliphatic heterocycles. The first-order valence-electron chi connectivity index (χ1n) is 9.79. The molecule has 0 saturated heterocycles. The van der Waals surface area contributed by atoms with Crippen LogP contribution in [0.2, 0.25) is 0 Å². The van der Waals surface area contributed by atoms with Crippen molar-refractivity contribution in [2.24, 2.45) is 5.10 Å². The van der Waals surface area contributed by atoms with Gasteiger partial charge in [0.15, 0.2) is 11.5 Å². The number of nitrogens with zero attached hydrogens (tertiary/aromatic N) is 2. The average molecular weight is 624 g/mol. The van der Waals surface area contributed by atoms with Crippen molar-refractivity contribution in [1.82, 2.24) is 5.43 Å². The molecule has 0 saturated carbocycles. The second-order valence-electron chi connectivity index (χ2n) is 6.68. The van der Waals surface area contributed by atoms with E-state index in [1.165, 1.54) is 18.3 Å². The Morgan fingerprint density at radius 3 is 2.48 bits per heavy atom. The van der Waals surface area contributed by atoms with Crippen LogP contribution in [-0.2, 0) is 6.61 Å². The fourth-order valence-corrected chi connectivity index (χ4v) is 3.70. The highest BCUT2D eigenvalue weighted by molar-refractivity contribution is 14.1. The molecule has 1 amide bonds. The van der Waals surface area contributed by atoms with Gasteiger partial charge in [0.2, 0.25) is 0 Å². The van der Waals surface area contributed by atoms with Crippen LogP contribution in [0.4, 0.5) is 5.69 Å². The first-order valence-corrected chi connectivity index (χ1v) is 11.7. The van der Waals surface area contributed by atoms with E-state index >= 15 is 0 Å². The topological polar surface area (TPSA) is 103 Å². The first kappa shape index (κ1) is 24.6. The summed E-state index contributed by atoms with van der Waals surface area (Å²) >= 11 is 5.66. The summed E-state index contributed by atoms with van der Waals surface area (Å²) in [6.45, 7) is 2.48. The maximum absolute atomic E-state index is 12.2. The molecule has 0 radical (unpaired) electrons. The van der Waals surface area contributed by atoms with Gasteiger partial charge in [0.1, 0.15) is 6.61 Å². The lowest BCUT2D eigenvalue weighted by Gasteiger charge is -2.14. The number of hydrazone groups is 1. The molecule has 1 N–H and O–H groups in total. The first-order chi connectivity index (χ1) is 15.9. The molecular weight excluding hydrogens is 605 g/mol. The summed E-state index contributed by atoms with van der Waals surface area (Å²) in [6.07, 6.45) is 1.51. The molecule has 8 nitrogen and oxygen atoms in total. The maximum atomic E-state index is 12.2. The highest BCUT2D eigenvalue weighted by atomic mass is 127. The van der Waals surface area contributed by atoms with Crippen molar-refractivity contribution in [2.45, 2.75) is 13.5 Å². The van der Waals surface area contributed by atoms with Gasteiger partial charge in [0, 0.05) is 21.3 Å². The van der Waals surface area contributed by atoms with E-state index in [0.717, 1.165) is 9.13 Å². The summed E-state index contributed by atoms with van der Waals surface area (Å²) in [5.74, 6) is 0.685. The third-order valence-electron chi connectivity index (χ3n) is 4.35. The van der Waals surface area contributed by atoms with E-state index in [9.17, 15) is 14.9 Å². The summed E-state index contributed by atoms with van der Waals surface area (Å²) < 4.78 is 13.3. The number of benzene rings is 3. The van der Waals surface area contributed by atoms with E-state index in [-0.39, 0.29) is 18.2 Å². The lowest BCUT2D eigenvalue weighted by atomic mass is 10.2. The fourth-order valence-electron chi connectivity index (χ4n) is 2.77. The van der Waals surface area contributed by atoms with Crippen molar-refractivity contribution in [1.29, 1.82) is 0 Å². The minimum atomic E-state index is -0.447. The van der Waals surface area contributed by atoms with Gasteiger partial charge in [0.05, 0.1) is 22.2 Å². The maximum Gasteiger partial charge on any atom is 0.271 e. The average Bonchev–Trinajstić information content (AvgIpc) is 2.79. The number of nitro benzene ring substituents is 1. The van der Waals surface area contributed by atoms with Crippen LogP contribution in [0.15, 0.2) is 70.2 Å². The third kappa shape index (κ3) is 6.99. The number of hydrogen-bond donors (Lipinski definition) is 1. The van der Waals surface area contributed by atoms with Gasteiger partial charge in [-0.2, -0.15) is 5.10 Å². The number of ether oxygens (including phenoxy) is 2. The van der Waals surface area contributed by atoms with Crippen molar-refractivity contribution in [3.05, 3.63) is 95.5 Å². The molecule has 0 heterocycles. The van der Waals surface area contributed by atoms with Crippen molar-refractivity contribution in [3.63, 3.8) is 0 Å². The fraction of sp³-hybridized carbons (Fsp3) is 0.130. The molecule has 0 aliphatic rings. The summed E-state index contributed by atoms with van der Waals surface area (Å²) in [6, 6.07) is 16.8. The normalized spacial score (nSPS) is 10.8. The number of halogens is 2. The van der Waals surface area contributed by atoms with E-state index in [2.05, 4.69) is 49.0 Å². The minimum absolute atomic E-state index is 0.0210. The Kier molecular flexibility index (Phi) is 8.78. The molecule has 0 fully saturated rings. The van der Waals surface area contributed by atoms with Gasteiger partial charge in [-0.1, -0.05) is 0 Å². The Bertz CT molecular complexity index is 1170. The molecule has 0 aliphatic carbocycles. The van der Waals surface area contributed by atoms with Crippen LogP contribution in [0.25, 0.3) is 0 Å². The zero-order chi connectivity index (χ0) is 23.8. The van der Waals surface area contributed by atoms with E-state index in [1.807, 2.05) is 19.1 Å². The monoisotopic (exact) mass is 623 g/mol. The van der Waals surface area contributed by atoms with Crippen molar-refractivity contribution < 1.29 is 19.2 Å². The molecule has 0 aromatic heterocycles. The SMILES string of the molecule is CCOc1cc(/C=N\NC(=O)c2ccc(I)cc2)cc(Br)c1OCc1ccc([N+](=O)[O-])cc1. The number of carbonyl (C=O) groups is 1. The minimum Gasteiger partial charge on any atom is -0.490 e. The summed E-state index contributed by atoms with van der Waals surface area (Å²) in [4.78, 5) is 22.5. The zero-order valence-corrected chi connectivity index (χ0v) is 21.2. The standard InChI is InChI=1S/C23H19BrIN3O5/c1-2-32-21-12-16(13-26-27-23(29)17-5-7-18(25)8-6-17)11-20(24)22(21)33-14-15-3-9-19(10-4-15)28(30)31/h3-13H,2,14H2,1H3,(H,27,29)/b26-13-. The van der Waals surface area contributed by atoms with Gasteiger partial charge in [-0.05, 0) is 105 Å². The molecule has 0 atom stereocenters. The van der Waals surface area contributed by atoms with Crippen LogP contribution in [-0.4, -0.2) is 23.7 Å². The van der Waals surface area contributed by atoms with Gasteiger partial charge in [-0.25, -0.2) is 5.43 Å². The second kappa shape index (κ2) is 11.8. The Morgan fingerprint density at radius 2 is 1.85 bits per heavy atom. The number of non-ortho nitro benzene ring substituents is 1. The molecule has 0 bridgehead atoms. The molecular formula is C23H19BrIN3O5. The van der Waals surface area contributed by atoms with Gasteiger partial charge in [-0.15, -0.1) is 0 Å². The van der Waals surface area contributed by atoms with E-state index in [4.69, 9.17) is 9.47 Å². The Morgan fingerprint density at radius 1 is 1.15 bits per heavy atom. The quantitative estimate of drug-likeness (QED) is 0.142. The Hall–Kier alpha value is -2.99. The number of amides is 1. The zero-order valence-electron chi connectivity index (χ0n) is 17.5. The lowest BCUT2D eigenvalue weighted by Crippen LogP contribution is -2.17. The molecule has 33 heavy (non-hydrogen) atoms. The van der Waals surface area contributed by atoms with Gasteiger partial charge < -0.3 is 9.47 Å². The number of hydrogen-bond acceptors (Lipinski definition) is 6. The molecule has 3 aromatic rings. The molecule has 170 valence electrons. The smallest absolute Gasteiger partial charge is 0.271 e. The Balaban J connectivity index is 1.70.